The molecule has 1 aliphatic rings. The van der Waals surface area contributed by atoms with Crippen molar-refractivity contribution in [1.82, 2.24) is 9.97 Å². The molecule has 0 unspecified atom stereocenters. The minimum absolute atomic E-state index is 0.124. The van der Waals surface area contributed by atoms with E-state index < -0.39 is 5.97 Å². The van der Waals surface area contributed by atoms with Crippen LogP contribution in [0.4, 0.5) is 11.8 Å². The smallest absolute Gasteiger partial charge is 0.336 e. The molecule has 1 aromatic heterocycles. The molecular formula is C15H16N4O3. The van der Waals surface area contributed by atoms with Gasteiger partial charge in [-0.3, -0.25) is 0 Å². The van der Waals surface area contributed by atoms with Gasteiger partial charge in [-0.1, -0.05) is 18.2 Å². The Bertz CT molecular complexity index is 699. The summed E-state index contributed by atoms with van der Waals surface area (Å²) in [6.07, 6.45) is 0. The molecule has 3 rings (SSSR count). The zero-order valence-corrected chi connectivity index (χ0v) is 11.9. The number of morpholine rings is 1. The number of carboxylic acids is 1. The van der Waals surface area contributed by atoms with Crippen LogP contribution in [0.5, 0.6) is 0 Å². The Kier molecular flexibility index (Phi) is 3.88. The predicted molar refractivity (Wildman–Crippen MR) is 81.9 cm³/mol. The van der Waals surface area contributed by atoms with E-state index in [1.54, 1.807) is 30.3 Å². The van der Waals surface area contributed by atoms with Gasteiger partial charge in [0.25, 0.3) is 0 Å². The van der Waals surface area contributed by atoms with Gasteiger partial charge in [0.2, 0.25) is 5.95 Å². The van der Waals surface area contributed by atoms with Crippen molar-refractivity contribution in [2.45, 2.75) is 0 Å². The average molecular weight is 300 g/mol. The number of carbonyl (C=O) groups is 1. The Morgan fingerprint density at radius 2 is 1.95 bits per heavy atom. The van der Waals surface area contributed by atoms with E-state index in [2.05, 4.69) is 14.9 Å². The van der Waals surface area contributed by atoms with E-state index in [0.29, 0.717) is 30.3 Å². The van der Waals surface area contributed by atoms with Crippen LogP contribution >= 0.6 is 0 Å². The maximum Gasteiger partial charge on any atom is 0.336 e. The fourth-order valence-corrected chi connectivity index (χ4v) is 2.44. The molecule has 0 bridgehead atoms. The van der Waals surface area contributed by atoms with Gasteiger partial charge >= 0.3 is 5.97 Å². The predicted octanol–water partition coefficient (Wildman–Crippen LogP) is 1.26. The summed E-state index contributed by atoms with van der Waals surface area (Å²) in [5.74, 6) is -0.189. The molecule has 0 saturated carbocycles. The average Bonchev–Trinajstić information content (AvgIpc) is 2.55. The lowest BCUT2D eigenvalue weighted by molar-refractivity contribution is 0.0697. The summed E-state index contributed by atoms with van der Waals surface area (Å²) in [7, 11) is 0. The van der Waals surface area contributed by atoms with Crippen LogP contribution in [0.3, 0.4) is 0 Å². The number of anilines is 2. The fraction of sp³-hybridized carbons (Fsp3) is 0.267. The van der Waals surface area contributed by atoms with Gasteiger partial charge in [-0.15, -0.1) is 0 Å². The molecule has 0 aliphatic carbocycles. The third kappa shape index (κ3) is 2.84. The number of benzene rings is 1. The highest BCUT2D eigenvalue weighted by Gasteiger charge is 2.17. The monoisotopic (exact) mass is 300 g/mol. The van der Waals surface area contributed by atoms with E-state index >= 15 is 0 Å². The molecular weight excluding hydrogens is 284 g/mol. The van der Waals surface area contributed by atoms with Crippen LogP contribution in [0.1, 0.15) is 10.4 Å². The van der Waals surface area contributed by atoms with Crippen LogP contribution < -0.4 is 10.6 Å². The van der Waals surface area contributed by atoms with Crippen molar-refractivity contribution in [2.24, 2.45) is 0 Å². The topological polar surface area (TPSA) is 102 Å². The first kappa shape index (κ1) is 14.3. The molecule has 0 spiro atoms. The molecule has 3 N–H and O–H groups in total. The van der Waals surface area contributed by atoms with E-state index in [1.165, 1.54) is 0 Å². The third-order valence-corrected chi connectivity index (χ3v) is 3.50. The minimum atomic E-state index is -0.999. The SMILES string of the molecule is Nc1nc(-c2ccccc2C(=O)O)cc(N2CCOCC2)n1. The van der Waals surface area contributed by atoms with Gasteiger partial charge in [-0.05, 0) is 6.07 Å². The van der Waals surface area contributed by atoms with E-state index in [1.807, 2.05) is 0 Å². The number of aromatic nitrogens is 2. The Hall–Kier alpha value is -2.67. The first-order valence-corrected chi connectivity index (χ1v) is 6.95. The largest absolute Gasteiger partial charge is 0.478 e. The van der Waals surface area contributed by atoms with Crippen LogP contribution in [0, 0.1) is 0 Å². The summed E-state index contributed by atoms with van der Waals surface area (Å²) in [5.41, 5.74) is 7.02. The zero-order valence-electron chi connectivity index (χ0n) is 11.9. The molecule has 7 heteroatoms. The van der Waals surface area contributed by atoms with Crippen LogP contribution in [0.25, 0.3) is 11.3 Å². The molecule has 2 aromatic rings. The minimum Gasteiger partial charge on any atom is -0.478 e. The maximum absolute atomic E-state index is 11.4. The van der Waals surface area contributed by atoms with Crippen molar-refractivity contribution in [2.75, 3.05) is 36.9 Å². The van der Waals surface area contributed by atoms with Crippen molar-refractivity contribution in [3.63, 3.8) is 0 Å². The number of nitrogens with two attached hydrogens (primary N) is 1. The van der Waals surface area contributed by atoms with Gasteiger partial charge < -0.3 is 20.5 Å². The van der Waals surface area contributed by atoms with Gasteiger partial charge in [0.15, 0.2) is 0 Å². The highest BCUT2D eigenvalue weighted by atomic mass is 16.5. The highest BCUT2D eigenvalue weighted by molar-refractivity contribution is 5.95. The second kappa shape index (κ2) is 5.98. The second-order valence-electron chi connectivity index (χ2n) is 4.92. The summed E-state index contributed by atoms with van der Waals surface area (Å²) < 4.78 is 5.32. The number of aromatic carboxylic acids is 1. The van der Waals surface area contributed by atoms with Gasteiger partial charge in [0, 0.05) is 24.7 Å². The fourth-order valence-electron chi connectivity index (χ4n) is 2.44. The molecule has 1 fully saturated rings. The van der Waals surface area contributed by atoms with Crippen LogP contribution in [0.2, 0.25) is 0 Å². The number of hydrogen-bond donors (Lipinski definition) is 2. The summed E-state index contributed by atoms with van der Waals surface area (Å²) in [6.45, 7) is 2.70. The molecule has 1 aliphatic heterocycles. The summed E-state index contributed by atoms with van der Waals surface area (Å²) in [4.78, 5) is 21.8. The molecule has 1 aromatic carbocycles. The van der Waals surface area contributed by atoms with Gasteiger partial charge in [-0.2, -0.15) is 4.98 Å². The van der Waals surface area contributed by atoms with E-state index in [4.69, 9.17) is 10.5 Å². The van der Waals surface area contributed by atoms with E-state index in [-0.39, 0.29) is 11.5 Å². The standard InChI is InChI=1S/C15H16N4O3/c16-15-17-12(10-3-1-2-4-11(10)14(20)21)9-13(18-15)19-5-7-22-8-6-19/h1-4,9H,5-8H2,(H,20,21)(H2,16,17,18). The van der Waals surface area contributed by atoms with E-state index in [9.17, 15) is 9.90 Å². The van der Waals surface area contributed by atoms with Crippen LogP contribution in [-0.2, 0) is 4.74 Å². The summed E-state index contributed by atoms with van der Waals surface area (Å²) in [6, 6.07) is 8.48. The summed E-state index contributed by atoms with van der Waals surface area (Å²) >= 11 is 0. The zero-order chi connectivity index (χ0) is 15.5. The number of nitrogens with zero attached hydrogens (tertiary/aromatic N) is 3. The molecule has 2 heterocycles. The number of nitrogen functional groups attached to an aromatic ring is 1. The highest BCUT2D eigenvalue weighted by Crippen LogP contribution is 2.26. The second-order valence-corrected chi connectivity index (χ2v) is 4.92. The molecule has 22 heavy (non-hydrogen) atoms. The lowest BCUT2D eigenvalue weighted by atomic mass is 10.0. The van der Waals surface area contributed by atoms with Gasteiger partial charge in [0.05, 0.1) is 24.5 Å². The molecule has 7 nitrogen and oxygen atoms in total. The maximum atomic E-state index is 11.4. The first-order valence-electron chi connectivity index (χ1n) is 6.95. The molecule has 0 radical (unpaired) electrons. The molecule has 114 valence electrons. The number of ether oxygens (including phenoxy) is 1. The number of carboxylic acid groups (broad SMARTS) is 1. The number of hydrogen-bond acceptors (Lipinski definition) is 6. The van der Waals surface area contributed by atoms with Crippen molar-refractivity contribution >= 4 is 17.7 Å². The van der Waals surface area contributed by atoms with Crippen molar-refractivity contribution in [3.8, 4) is 11.3 Å². The van der Waals surface area contributed by atoms with E-state index in [0.717, 1.165) is 13.1 Å². The Morgan fingerprint density at radius 1 is 1.23 bits per heavy atom. The number of rotatable bonds is 3. The molecule has 1 saturated heterocycles. The molecule has 0 atom stereocenters. The van der Waals surface area contributed by atoms with Crippen LogP contribution in [-0.4, -0.2) is 47.3 Å². The Morgan fingerprint density at radius 3 is 2.68 bits per heavy atom. The van der Waals surface area contributed by atoms with Crippen LogP contribution in [0.15, 0.2) is 30.3 Å². The van der Waals surface area contributed by atoms with Crippen molar-refractivity contribution < 1.29 is 14.6 Å². The lowest BCUT2D eigenvalue weighted by Crippen LogP contribution is -2.36. The van der Waals surface area contributed by atoms with Crippen molar-refractivity contribution in [3.05, 3.63) is 35.9 Å². The molecule has 0 amide bonds. The van der Waals surface area contributed by atoms with Gasteiger partial charge in [0.1, 0.15) is 5.82 Å². The Balaban J connectivity index is 2.04. The normalized spacial score (nSPS) is 14.8. The van der Waals surface area contributed by atoms with Gasteiger partial charge in [-0.25, -0.2) is 9.78 Å². The van der Waals surface area contributed by atoms with Crippen molar-refractivity contribution in [1.29, 1.82) is 0 Å². The summed E-state index contributed by atoms with van der Waals surface area (Å²) in [5, 5.41) is 9.31. The Labute approximate surface area is 127 Å². The lowest BCUT2D eigenvalue weighted by Gasteiger charge is -2.28. The first-order chi connectivity index (χ1) is 10.6. The third-order valence-electron chi connectivity index (χ3n) is 3.50. The quantitative estimate of drug-likeness (QED) is 0.879.